The van der Waals surface area contributed by atoms with Crippen molar-refractivity contribution in [2.24, 2.45) is 0 Å². The monoisotopic (exact) mass is 1040 g/mol. The summed E-state index contributed by atoms with van der Waals surface area (Å²) in [6, 6.07) is 0. The van der Waals surface area contributed by atoms with Gasteiger partial charge in [0.1, 0.15) is 6.61 Å². The van der Waals surface area contributed by atoms with Crippen LogP contribution in [0.3, 0.4) is 0 Å². The molecule has 76 heavy (non-hydrogen) atoms. The van der Waals surface area contributed by atoms with Crippen molar-refractivity contribution in [1.29, 1.82) is 0 Å². The van der Waals surface area contributed by atoms with Crippen molar-refractivity contribution >= 4 is 11.9 Å². The van der Waals surface area contributed by atoms with Crippen molar-refractivity contribution in [1.82, 2.24) is 0 Å². The van der Waals surface area contributed by atoms with Crippen LogP contribution in [0, 0.1) is 0 Å². The molecule has 0 saturated heterocycles. The summed E-state index contributed by atoms with van der Waals surface area (Å²) < 4.78 is 10.7. The van der Waals surface area contributed by atoms with Crippen LogP contribution in [0.4, 0.5) is 0 Å². The van der Waals surface area contributed by atoms with Crippen molar-refractivity contribution in [2.75, 3.05) is 13.2 Å². The number of allylic oxidation sites excluding steroid dienone is 34. The summed E-state index contributed by atoms with van der Waals surface area (Å²) in [5, 5.41) is 9.66. The minimum absolute atomic E-state index is 0.103. The molecule has 0 aromatic carbocycles. The van der Waals surface area contributed by atoms with E-state index in [4.69, 9.17) is 9.47 Å². The number of carbonyl (C=O) groups is 2. The molecule has 0 rings (SSSR count). The summed E-state index contributed by atoms with van der Waals surface area (Å²) in [5.74, 6) is -0.665. The third-order valence-electron chi connectivity index (χ3n) is 11.6. The molecular formula is C71H106O5. The lowest BCUT2D eigenvalue weighted by molar-refractivity contribution is -0.161. The second kappa shape index (κ2) is 63.8. The van der Waals surface area contributed by atoms with Gasteiger partial charge in [-0.2, -0.15) is 0 Å². The number of ether oxygens (including phenoxy) is 2. The number of aliphatic hydroxyl groups is 1. The van der Waals surface area contributed by atoms with Gasteiger partial charge in [-0.05, 0) is 148 Å². The van der Waals surface area contributed by atoms with Gasteiger partial charge in [0.2, 0.25) is 0 Å². The van der Waals surface area contributed by atoms with Gasteiger partial charge in [-0.15, -0.1) is 0 Å². The Hall–Kier alpha value is -5.52. The Labute approximate surface area is 466 Å². The second-order valence-electron chi connectivity index (χ2n) is 18.6. The van der Waals surface area contributed by atoms with Crippen LogP contribution >= 0.6 is 0 Å². The zero-order valence-electron chi connectivity index (χ0n) is 47.9. The van der Waals surface area contributed by atoms with Gasteiger partial charge in [-0.3, -0.25) is 9.59 Å². The number of rotatable bonds is 51. The smallest absolute Gasteiger partial charge is 0.306 e. The molecule has 1 atom stereocenters. The van der Waals surface area contributed by atoms with E-state index in [9.17, 15) is 14.7 Å². The molecular weight excluding hydrogens is 933 g/mol. The minimum Gasteiger partial charge on any atom is -0.462 e. The van der Waals surface area contributed by atoms with Gasteiger partial charge >= 0.3 is 11.9 Å². The molecule has 0 aliphatic carbocycles. The quantitative estimate of drug-likeness (QED) is 0.0373. The van der Waals surface area contributed by atoms with Crippen LogP contribution in [-0.2, 0) is 19.1 Å². The highest BCUT2D eigenvalue weighted by molar-refractivity contribution is 5.70. The maximum absolute atomic E-state index is 12.3. The first kappa shape index (κ1) is 70.5. The molecule has 420 valence electrons. The molecule has 0 heterocycles. The summed E-state index contributed by atoms with van der Waals surface area (Å²) in [4.78, 5) is 24.5. The predicted octanol–water partition coefficient (Wildman–Crippen LogP) is 20.6. The van der Waals surface area contributed by atoms with Gasteiger partial charge < -0.3 is 14.6 Å². The van der Waals surface area contributed by atoms with Crippen molar-refractivity contribution in [3.05, 3.63) is 207 Å². The first-order valence-corrected chi connectivity index (χ1v) is 29.6. The lowest BCUT2D eigenvalue weighted by atomic mass is 10.1. The van der Waals surface area contributed by atoms with Crippen molar-refractivity contribution < 1.29 is 24.2 Å². The molecule has 0 saturated carbocycles. The molecule has 0 aromatic rings. The zero-order chi connectivity index (χ0) is 54.8. The average molecular weight is 1040 g/mol. The van der Waals surface area contributed by atoms with Crippen LogP contribution in [0.5, 0.6) is 0 Å². The van der Waals surface area contributed by atoms with Crippen molar-refractivity contribution in [3.63, 3.8) is 0 Å². The molecule has 0 radical (unpaired) electrons. The highest BCUT2D eigenvalue weighted by Gasteiger charge is 2.16. The van der Waals surface area contributed by atoms with E-state index in [1.54, 1.807) is 0 Å². The molecule has 0 aliphatic rings. The summed E-state index contributed by atoms with van der Waals surface area (Å²) >= 11 is 0. The molecule has 0 spiro atoms. The highest BCUT2D eigenvalue weighted by atomic mass is 16.6. The second-order valence-corrected chi connectivity index (χ2v) is 18.6. The lowest BCUT2D eigenvalue weighted by Crippen LogP contribution is -2.28. The first-order valence-electron chi connectivity index (χ1n) is 29.6. The molecule has 0 fully saturated rings. The third-order valence-corrected chi connectivity index (χ3v) is 11.6. The fourth-order valence-electron chi connectivity index (χ4n) is 7.21. The van der Waals surface area contributed by atoms with E-state index in [0.717, 1.165) is 161 Å². The van der Waals surface area contributed by atoms with Crippen LogP contribution in [0.2, 0.25) is 0 Å². The van der Waals surface area contributed by atoms with E-state index < -0.39 is 6.10 Å². The van der Waals surface area contributed by atoms with Crippen molar-refractivity contribution in [2.45, 2.75) is 213 Å². The molecule has 1 N–H and O–H groups in total. The number of unbranched alkanes of at least 4 members (excludes halogenated alkanes) is 9. The van der Waals surface area contributed by atoms with E-state index in [1.165, 1.54) is 19.3 Å². The number of carbonyl (C=O) groups excluding carboxylic acids is 2. The Morgan fingerprint density at radius 2 is 0.526 bits per heavy atom. The summed E-state index contributed by atoms with van der Waals surface area (Å²) in [6.45, 7) is 3.85. The predicted molar refractivity (Wildman–Crippen MR) is 333 cm³/mol. The van der Waals surface area contributed by atoms with Gasteiger partial charge in [0, 0.05) is 12.8 Å². The molecule has 0 bridgehead atoms. The van der Waals surface area contributed by atoms with Crippen molar-refractivity contribution in [3.8, 4) is 0 Å². The van der Waals surface area contributed by atoms with E-state index >= 15 is 0 Å². The van der Waals surface area contributed by atoms with Crippen LogP contribution < -0.4 is 0 Å². The summed E-state index contributed by atoms with van der Waals surface area (Å²) in [7, 11) is 0. The minimum atomic E-state index is -0.815. The van der Waals surface area contributed by atoms with Gasteiger partial charge in [0.25, 0.3) is 0 Å². The number of hydrogen-bond donors (Lipinski definition) is 1. The first-order chi connectivity index (χ1) is 37.6. The van der Waals surface area contributed by atoms with E-state index in [1.807, 2.05) is 0 Å². The average Bonchev–Trinajstić information content (AvgIpc) is 3.42. The fraction of sp³-hybridized carbons (Fsp3) is 0.493. The van der Waals surface area contributed by atoms with E-state index in [-0.39, 0.29) is 25.2 Å². The number of aliphatic hydroxyl groups excluding tert-OH is 1. The Morgan fingerprint density at radius 3 is 0.803 bits per heavy atom. The molecule has 0 amide bonds. The van der Waals surface area contributed by atoms with Gasteiger partial charge in [0.05, 0.1) is 6.61 Å². The molecule has 0 aromatic heterocycles. The van der Waals surface area contributed by atoms with E-state index in [2.05, 4.69) is 220 Å². The molecule has 5 nitrogen and oxygen atoms in total. The lowest BCUT2D eigenvalue weighted by Gasteiger charge is -2.15. The van der Waals surface area contributed by atoms with Crippen LogP contribution in [-0.4, -0.2) is 36.4 Å². The molecule has 1 unspecified atom stereocenters. The van der Waals surface area contributed by atoms with Crippen LogP contribution in [0.15, 0.2) is 207 Å². The molecule has 5 heteroatoms. The largest absolute Gasteiger partial charge is 0.462 e. The van der Waals surface area contributed by atoms with E-state index in [0.29, 0.717) is 12.8 Å². The topological polar surface area (TPSA) is 72.8 Å². The SMILES string of the molecule is CC/C=C\C/C=C\C/C=C\C/C=C\C/C=C\C/C=C\C/C=C\C/C=C\C/C=C\C/C=C\C/C=C\CCCCCC(=O)OC(CO)COC(=O)CCCCCCCC/C=C\C/C=C\C/C=C\C/C=C\C/C=C\C/C=C\CC. The summed E-state index contributed by atoms with van der Waals surface area (Å²) in [5.41, 5.74) is 0. The van der Waals surface area contributed by atoms with Gasteiger partial charge in [0.15, 0.2) is 6.10 Å². The standard InChI is InChI=1S/C71H106O5/c1-3-5-7-9-11-13-15-17-19-21-23-25-27-29-30-31-32-33-34-35-36-37-38-39-40-42-44-46-48-50-52-54-56-58-60-62-64-66-71(74)76-69(67-72)68-75-70(73)65-63-61-59-57-55-53-51-49-47-45-43-41-28-26-24-22-20-18-16-14-12-10-8-6-4-2/h5-8,11-14,17-20,23-26,29-30,32-33,35-36,38-39,41-44,47-50,54,56,69,72H,3-4,9-10,15-16,21-22,27-28,31,34,37,40,45-46,51-53,55,57-68H2,1-2H3/b7-5-,8-6-,13-11-,14-12-,19-17-,20-18-,25-23-,26-24-,30-29-,33-32-,36-35-,39-38-,43-41-,44-42-,49-47-,50-48-,56-54-. The Balaban J connectivity index is 3.72. The Bertz CT molecular complexity index is 1840. The number of esters is 2. The maximum atomic E-state index is 12.3. The highest BCUT2D eigenvalue weighted by Crippen LogP contribution is 2.11. The van der Waals surface area contributed by atoms with Crippen LogP contribution in [0.25, 0.3) is 0 Å². The number of hydrogen-bond acceptors (Lipinski definition) is 5. The maximum Gasteiger partial charge on any atom is 0.306 e. The Kier molecular flexibility index (Phi) is 59.1. The fourth-order valence-corrected chi connectivity index (χ4v) is 7.21. The Morgan fingerprint density at radius 1 is 0.303 bits per heavy atom. The zero-order valence-corrected chi connectivity index (χ0v) is 47.9. The van der Waals surface area contributed by atoms with Gasteiger partial charge in [-0.25, -0.2) is 0 Å². The van der Waals surface area contributed by atoms with Gasteiger partial charge in [-0.1, -0.05) is 253 Å². The third kappa shape index (κ3) is 61.0. The molecule has 0 aliphatic heterocycles. The van der Waals surface area contributed by atoms with Crippen LogP contribution in [0.1, 0.15) is 206 Å². The normalized spacial score (nSPS) is 13.8. The summed E-state index contributed by atoms with van der Waals surface area (Å²) in [6.07, 6.45) is 104.